The second kappa shape index (κ2) is 5.68. The number of carbonyl (C=O) groups is 2. The fourth-order valence-corrected chi connectivity index (χ4v) is 2.69. The number of anilines is 1. The lowest BCUT2D eigenvalue weighted by atomic mass is 10.1. The van der Waals surface area contributed by atoms with Crippen molar-refractivity contribution >= 4 is 28.3 Å². The van der Waals surface area contributed by atoms with Crippen LogP contribution in [0.2, 0.25) is 0 Å². The van der Waals surface area contributed by atoms with Crippen molar-refractivity contribution in [2.75, 3.05) is 25.1 Å². The van der Waals surface area contributed by atoms with Crippen LogP contribution < -0.4 is 4.90 Å². The van der Waals surface area contributed by atoms with Gasteiger partial charge in [-0.25, -0.2) is 9.78 Å². The number of methoxy groups -OCH3 is 1. The molecule has 100 valence electrons. The van der Waals surface area contributed by atoms with Crippen LogP contribution in [0.25, 0.3) is 10.4 Å². The molecule has 1 aromatic rings. The van der Waals surface area contributed by atoms with Gasteiger partial charge >= 0.3 is 5.97 Å². The molecule has 1 atom stereocenters. The first-order valence-electron chi connectivity index (χ1n) is 5.51. The van der Waals surface area contributed by atoms with Crippen LogP contribution in [0.1, 0.15) is 16.1 Å². The summed E-state index contributed by atoms with van der Waals surface area (Å²) in [5.41, 5.74) is 8.27. The second-order valence-corrected chi connectivity index (χ2v) is 5.00. The highest BCUT2D eigenvalue weighted by Gasteiger charge is 2.32. The van der Waals surface area contributed by atoms with Gasteiger partial charge in [-0.1, -0.05) is 16.5 Å². The molecule has 1 amide bonds. The van der Waals surface area contributed by atoms with Crippen molar-refractivity contribution in [1.82, 2.24) is 4.98 Å². The van der Waals surface area contributed by atoms with Crippen LogP contribution >= 0.6 is 11.3 Å². The molecule has 0 bridgehead atoms. The van der Waals surface area contributed by atoms with Gasteiger partial charge in [0.05, 0.1) is 13.3 Å². The Bertz CT molecular complexity index is 551. The van der Waals surface area contributed by atoms with Gasteiger partial charge in [-0.3, -0.25) is 9.69 Å². The monoisotopic (exact) mass is 281 g/mol. The lowest BCUT2D eigenvalue weighted by Crippen LogP contribution is -2.24. The number of thiazole rings is 1. The molecule has 1 saturated heterocycles. The zero-order valence-corrected chi connectivity index (χ0v) is 11.0. The summed E-state index contributed by atoms with van der Waals surface area (Å²) in [6.45, 7) is 0.736. The van der Waals surface area contributed by atoms with Gasteiger partial charge < -0.3 is 4.74 Å². The van der Waals surface area contributed by atoms with E-state index in [0.29, 0.717) is 23.0 Å². The molecule has 8 nitrogen and oxygen atoms in total. The minimum absolute atomic E-state index is 0.00567. The number of ether oxygens (including phenoxy) is 1. The molecular weight excluding hydrogens is 270 g/mol. The van der Waals surface area contributed by atoms with Crippen molar-refractivity contribution in [3.63, 3.8) is 0 Å². The molecule has 19 heavy (non-hydrogen) atoms. The molecule has 0 aromatic carbocycles. The summed E-state index contributed by atoms with van der Waals surface area (Å²) in [4.78, 5) is 31.7. The fourth-order valence-electron chi connectivity index (χ4n) is 1.83. The highest BCUT2D eigenvalue weighted by molar-refractivity contribution is 7.17. The van der Waals surface area contributed by atoms with E-state index in [1.165, 1.54) is 18.2 Å². The molecule has 0 aliphatic carbocycles. The van der Waals surface area contributed by atoms with Gasteiger partial charge in [0, 0.05) is 24.4 Å². The van der Waals surface area contributed by atoms with Crippen molar-refractivity contribution in [2.45, 2.75) is 6.42 Å². The molecule has 0 saturated carbocycles. The third-order valence-electron chi connectivity index (χ3n) is 2.72. The van der Waals surface area contributed by atoms with E-state index in [-0.39, 0.29) is 18.4 Å². The van der Waals surface area contributed by atoms with Gasteiger partial charge in [-0.15, -0.1) is 0 Å². The summed E-state index contributed by atoms with van der Waals surface area (Å²) >= 11 is 1.11. The molecule has 1 fully saturated rings. The lowest BCUT2D eigenvalue weighted by molar-refractivity contribution is -0.117. The van der Waals surface area contributed by atoms with Gasteiger partial charge in [-0.2, -0.15) is 0 Å². The standard InChI is InChI=1S/C10H11N5O3S/c1-18-9(17)7-4-12-10(19-7)15-5-6(2-8(15)16)3-13-14-11/h4,6H,2-3,5H2,1H3. The van der Waals surface area contributed by atoms with E-state index in [1.807, 2.05) is 0 Å². The number of aromatic nitrogens is 1. The number of azide groups is 1. The average molecular weight is 281 g/mol. The van der Waals surface area contributed by atoms with Gasteiger partial charge in [0.25, 0.3) is 0 Å². The number of rotatable bonds is 4. The van der Waals surface area contributed by atoms with E-state index in [0.717, 1.165) is 11.3 Å². The molecule has 1 aromatic heterocycles. The van der Waals surface area contributed by atoms with E-state index >= 15 is 0 Å². The number of hydrogen-bond acceptors (Lipinski definition) is 6. The van der Waals surface area contributed by atoms with Crippen LogP contribution in [0.5, 0.6) is 0 Å². The smallest absolute Gasteiger partial charge is 0.349 e. The van der Waals surface area contributed by atoms with Crippen LogP contribution in [0, 0.1) is 5.92 Å². The maximum absolute atomic E-state index is 11.8. The Morgan fingerprint density at radius 3 is 3.26 bits per heavy atom. The van der Waals surface area contributed by atoms with E-state index < -0.39 is 5.97 Å². The summed E-state index contributed by atoms with van der Waals surface area (Å²) in [6.07, 6.45) is 1.71. The second-order valence-electron chi connectivity index (χ2n) is 3.99. The minimum atomic E-state index is -0.471. The summed E-state index contributed by atoms with van der Waals surface area (Å²) in [7, 11) is 1.29. The normalized spacial score (nSPS) is 18.3. The fraction of sp³-hybridized carbons (Fsp3) is 0.500. The average Bonchev–Trinajstić information content (AvgIpc) is 3.02. The van der Waals surface area contributed by atoms with E-state index in [4.69, 9.17) is 5.53 Å². The topological polar surface area (TPSA) is 108 Å². The third kappa shape index (κ3) is 2.83. The van der Waals surface area contributed by atoms with E-state index in [2.05, 4.69) is 19.7 Å². The SMILES string of the molecule is COC(=O)c1cnc(N2CC(CN=[N+]=[N-])CC2=O)s1. The Morgan fingerprint density at radius 2 is 2.58 bits per heavy atom. The van der Waals surface area contributed by atoms with Crippen molar-refractivity contribution in [3.05, 3.63) is 21.5 Å². The van der Waals surface area contributed by atoms with Crippen molar-refractivity contribution in [3.8, 4) is 0 Å². The Kier molecular flexibility index (Phi) is 3.98. The molecule has 9 heteroatoms. The molecule has 0 N–H and O–H groups in total. The Hall–Kier alpha value is -2.12. The van der Waals surface area contributed by atoms with Crippen LogP contribution in [-0.4, -0.2) is 37.1 Å². The maximum atomic E-state index is 11.8. The molecular formula is C10H11N5O3S. The molecule has 0 spiro atoms. The minimum Gasteiger partial charge on any atom is -0.465 e. The highest BCUT2D eigenvalue weighted by atomic mass is 32.1. The first kappa shape index (κ1) is 13.3. The number of carbonyl (C=O) groups excluding carboxylic acids is 2. The predicted octanol–water partition coefficient (Wildman–Crippen LogP) is 1.59. The zero-order valence-electron chi connectivity index (χ0n) is 10.1. The largest absolute Gasteiger partial charge is 0.465 e. The van der Waals surface area contributed by atoms with Gasteiger partial charge in [0.15, 0.2) is 5.13 Å². The molecule has 2 rings (SSSR count). The molecule has 2 heterocycles. The number of amides is 1. The lowest BCUT2D eigenvalue weighted by Gasteiger charge is -2.11. The van der Waals surface area contributed by atoms with Gasteiger partial charge in [0.2, 0.25) is 5.91 Å². The van der Waals surface area contributed by atoms with E-state index in [9.17, 15) is 9.59 Å². The summed E-state index contributed by atoms with van der Waals surface area (Å²) in [6, 6.07) is 0. The summed E-state index contributed by atoms with van der Waals surface area (Å²) in [5.74, 6) is -0.557. The van der Waals surface area contributed by atoms with Gasteiger partial charge in [0.1, 0.15) is 4.88 Å². The Balaban J connectivity index is 2.09. The van der Waals surface area contributed by atoms with E-state index in [1.54, 1.807) is 0 Å². The third-order valence-corrected chi connectivity index (χ3v) is 3.72. The van der Waals surface area contributed by atoms with Crippen LogP contribution in [0.4, 0.5) is 5.13 Å². The van der Waals surface area contributed by atoms with Crippen LogP contribution in [-0.2, 0) is 9.53 Å². The first-order valence-corrected chi connectivity index (χ1v) is 6.32. The molecule has 1 aliphatic rings. The molecule has 1 unspecified atom stereocenters. The van der Waals surface area contributed by atoms with Gasteiger partial charge in [-0.05, 0) is 11.4 Å². The number of hydrogen-bond donors (Lipinski definition) is 0. The Morgan fingerprint density at radius 1 is 1.79 bits per heavy atom. The summed E-state index contributed by atoms with van der Waals surface area (Å²) < 4.78 is 4.59. The first-order chi connectivity index (χ1) is 9.15. The van der Waals surface area contributed by atoms with Crippen LogP contribution in [0.3, 0.4) is 0 Å². The molecule has 1 aliphatic heterocycles. The van der Waals surface area contributed by atoms with Crippen molar-refractivity contribution in [1.29, 1.82) is 0 Å². The predicted molar refractivity (Wildman–Crippen MR) is 67.9 cm³/mol. The number of nitrogens with zero attached hydrogens (tertiary/aromatic N) is 5. The van der Waals surface area contributed by atoms with Crippen molar-refractivity contribution in [2.24, 2.45) is 11.0 Å². The van der Waals surface area contributed by atoms with Crippen molar-refractivity contribution < 1.29 is 14.3 Å². The zero-order chi connectivity index (χ0) is 13.8. The van der Waals surface area contributed by atoms with Crippen LogP contribution in [0.15, 0.2) is 11.3 Å². The maximum Gasteiger partial charge on any atom is 0.349 e. The number of esters is 1. The summed E-state index contributed by atoms with van der Waals surface area (Å²) in [5, 5.41) is 3.94. The quantitative estimate of drug-likeness (QED) is 0.361. The highest BCUT2D eigenvalue weighted by Crippen LogP contribution is 2.29. The Labute approximate surface area is 112 Å². The molecule has 0 radical (unpaired) electrons.